The summed E-state index contributed by atoms with van der Waals surface area (Å²) in [7, 11) is 0. The zero-order chi connectivity index (χ0) is 12.6. The molecule has 4 nitrogen and oxygen atoms in total. The predicted molar refractivity (Wildman–Crippen MR) is 68.1 cm³/mol. The number of hydrogen-bond donors (Lipinski definition) is 2. The molecule has 0 radical (unpaired) electrons. The van der Waals surface area contributed by atoms with Gasteiger partial charge < -0.3 is 15.8 Å². The van der Waals surface area contributed by atoms with Gasteiger partial charge in [0, 0.05) is 18.6 Å². The molecule has 1 aliphatic carbocycles. The third-order valence-corrected chi connectivity index (χ3v) is 3.84. The molecule has 3 rings (SSSR count). The van der Waals surface area contributed by atoms with Gasteiger partial charge in [0.25, 0.3) is 0 Å². The Bertz CT molecular complexity index is 440. The molecule has 96 valence electrons. The molecule has 3 unspecified atom stereocenters. The first-order valence-electron chi connectivity index (χ1n) is 6.42. The van der Waals surface area contributed by atoms with Crippen molar-refractivity contribution in [2.45, 2.75) is 30.3 Å². The molecule has 1 aromatic carbocycles. The molecule has 2 fully saturated rings. The van der Waals surface area contributed by atoms with Crippen LogP contribution in [-0.2, 0) is 9.53 Å². The predicted octanol–water partition coefficient (Wildman–Crippen LogP) is 0.776. The largest absolute Gasteiger partial charge is 0.379 e. The SMILES string of the molecule is NC1(C(=O)NC2CC2c2ccccc2)CCOC1. The topological polar surface area (TPSA) is 64.4 Å². The van der Waals surface area contributed by atoms with E-state index in [9.17, 15) is 4.79 Å². The number of hydrogen-bond acceptors (Lipinski definition) is 3. The summed E-state index contributed by atoms with van der Waals surface area (Å²) in [4.78, 5) is 12.1. The van der Waals surface area contributed by atoms with Crippen LogP contribution in [0.3, 0.4) is 0 Å². The van der Waals surface area contributed by atoms with Gasteiger partial charge in [-0.3, -0.25) is 4.79 Å². The third-order valence-electron chi connectivity index (χ3n) is 3.84. The van der Waals surface area contributed by atoms with Gasteiger partial charge in [0.2, 0.25) is 5.91 Å². The maximum Gasteiger partial charge on any atom is 0.242 e. The summed E-state index contributed by atoms with van der Waals surface area (Å²) in [5, 5.41) is 3.04. The Kier molecular flexibility index (Phi) is 2.84. The molecule has 0 bridgehead atoms. The van der Waals surface area contributed by atoms with Crippen molar-refractivity contribution in [3.63, 3.8) is 0 Å². The van der Waals surface area contributed by atoms with Gasteiger partial charge in [-0.25, -0.2) is 0 Å². The summed E-state index contributed by atoms with van der Waals surface area (Å²) in [6.45, 7) is 0.915. The standard InChI is InChI=1S/C14H18N2O2/c15-14(6-7-18-9-14)13(17)16-12-8-11(12)10-4-2-1-3-5-10/h1-5,11-12H,6-9,15H2,(H,16,17). The number of amides is 1. The van der Waals surface area contributed by atoms with Crippen molar-refractivity contribution in [3.05, 3.63) is 35.9 Å². The van der Waals surface area contributed by atoms with Crippen LogP contribution in [0.4, 0.5) is 0 Å². The number of carbonyl (C=O) groups excluding carboxylic acids is 1. The van der Waals surface area contributed by atoms with Crippen molar-refractivity contribution in [1.82, 2.24) is 5.32 Å². The molecular formula is C14H18N2O2. The minimum absolute atomic E-state index is 0.0663. The fraction of sp³-hybridized carbons (Fsp3) is 0.500. The summed E-state index contributed by atoms with van der Waals surface area (Å²) in [6, 6.07) is 10.5. The number of rotatable bonds is 3. The van der Waals surface area contributed by atoms with Crippen molar-refractivity contribution >= 4 is 5.91 Å². The fourth-order valence-electron chi connectivity index (χ4n) is 2.50. The number of carbonyl (C=O) groups is 1. The van der Waals surface area contributed by atoms with E-state index < -0.39 is 5.54 Å². The number of benzene rings is 1. The van der Waals surface area contributed by atoms with E-state index in [1.54, 1.807) is 0 Å². The highest BCUT2D eigenvalue weighted by Crippen LogP contribution is 2.40. The van der Waals surface area contributed by atoms with E-state index in [2.05, 4.69) is 17.4 Å². The lowest BCUT2D eigenvalue weighted by Gasteiger charge is -2.20. The van der Waals surface area contributed by atoms with Gasteiger partial charge >= 0.3 is 0 Å². The minimum Gasteiger partial charge on any atom is -0.379 e. The second kappa shape index (κ2) is 4.37. The summed E-state index contributed by atoms with van der Waals surface area (Å²) < 4.78 is 5.21. The van der Waals surface area contributed by atoms with Crippen molar-refractivity contribution in [1.29, 1.82) is 0 Å². The molecule has 18 heavy (non-hydrogen) atoms. The molecule has 2 aliphatic rings. The quantitative estimate of drug-likeness (QED) is 0.828. The molecule has 4 heteroatoms. The minimum atomic E-state index is -0.816. The fourth-order valence-corrected chi connectivity index (χ4v) is 2.50. The average Bonchev–Trinajstić information content (AvgIpc) is 3.01. The van der Waals surface area contributed by atoms with Crippen LogP contribution in [0.2, 0.25) is 0 Å². The van der Waals surface area contributed by atoms with Crippen LogP contribution in [-0.4, -0.2) is 30.7 Å². The number of ether oxygens (including phenoxy) is 1. The Morgan fingerprint density at radius 3 is 2.83 bits per heavy atom. The maximum absolute atomic E-state index is 12.1. The zero-order valence-corrected chi connectivity index (χ0v) is 10.3. The van der Waals surface area contributed by atoms with Crippen LogP contribution < -0.4 is 11.1 Å². The van der Waals surface area contributed by atoms with E-state index in [4.69, 9.17) is 10.5 Å². The maximum atomic E-state index is 12.1. The van der Waals surface area contributed by atoms with Gasteiger partial charge in [-0.15, -0.1) is 0 Å². The Hall–Kier alpha value is -1.39. The molecule has 0 spiro atoms. The van der Waals surface area contributed by atoms with E-state index in [1.807, 2.05) is 18.2 Å². The first-order chi connectivity index (χ1) is 8.69. The highest BCUT2D eigenvalue weighted by molar-refractivity contribution is 5.87. The third kappa shape index (κ3) is 2.13. The van der Waals surface area contributed by atoms with Crippen LogP contribution in [0.25, 0.3) is 0 Å². The zero-order valence-electron chi connectivity index (χ0n) is 10.3. The van der Waals surface area contributed by atoms with Crippen molar-refractivity contribution < 1.29 is 9.53 Å². The van der Waals surface area contributed by atoms with Gasteiger partial charge in [0.1, 0.15) is 5.54 Å². The van der Waals surface area contributed by atoms with Gasteiger partial charge in [-0.2, -0.15) is 0 Å². The first-order valence-corrected chi connectivity index (χ1v) is 6.42. The van der Waals surface area contributed by atoms with Crippen molar-refractivity contribution in [3.8, 4) is 0 Å². The van der Waals surface area contributed by atoms with E-state index in [1.165, 1.54) is 5.56 Å². The van der Waals surface area contributed by atoms with Gasteiger partial charge in [0.15, 0.2) is 0 Å². The highest BCUT2D eigenvalue weighted by atomic mass is 16.5. The smallest absolute Gasteiger partial charge is 0.242 e. The molecule has 3 N–H and O–H groups in total. The molecule has 1 saturated heterocycles. The molecule has 1 saturated carbocycles. The molecular weight excluding hydrogens is 228 g/mol. The van der Waals surface area contributed by atoms with Crippen LogP contribution >= 0.6 is 0 Å². The molecule has 1 heterocycles. The summed E-state index contributed by atoms with van der Waals surface area (Å²) in [6.07, 6.45) is 1.62. The monoisotopic (exact) mass is 246 g/mol. The van der Waals surface area contributed by atoms with Gasteiger partial charge in [-0.1, -0.05) is 30.3 Å². The first kappa shape index (κ1) is 11.7. The lowest BCUT2D eigenvalue weighted by molar-refractivity contribution is -0.126. The summed E-state index contributed by atoms with van der Waals surface area (Å²) in [5.41, 5.74) is 6.50. The molecule has 1 aliphatic heterocycles. The second-order valence-electron chi connectivity index (χ2n) is 5.29. The van der Waals surface area contributed by atoms with Crippen LogP contribution in [0.15, 0.2) is 30.3 Å². The average molecular weight is 246 g/mol. The van der Waals surface area contributed by atoms with Crippen molar-refractivity contribution in [2.75, 3.05) is 13.2 Å². The number of nitrogens with one attached hydrogen (secondary N) is 1. The molecule has 1 amide bonds. The van der Waals surface area contributed by atoms with Crippen LogP contribution in [0, 0.1) is 0 Å². The van der Waals surface area contributed by atoms with Crippen LogP contribution in [0.5, 0.6) is 0 Å². The van der Waals surface area contributed by atoms with Gasteiger partial charge in [-0.05, 0) is 18.4 Å². The molecule has 1 aromatic rings. The molecule has 0 aromatic heterocycles. The Morgan fingerprint density at radius 2 is 2.17 bits per heavy atom. The lowest BCUT2D eigenvalue weighted by atomic mass is 9.99. The van der Waals surface area contributed by atoms with E-state index in [-0.39, 0.29) is 11.9 Å². The van der Waals surface area contributed by atoms with E-state index in [0.29, 0.717) is 25.6 Å². The molecule has 3 atom stereocenters. The van der Waals surface area contributed by atoms with Crippen molar-refractivity contribution in [2.24, 2.45) is 5.73 Å². The Balaban J connectivity index is 1.58. The van der Waals surface area contributed by atoms with Crippen LogP contribution in [0.1, 0.15) is 24.3 Å². The number of nitrogens with two attached hydrogens (primary N) is 1. The Morgan fingerprint density at radius 1 is 1.39 bits per heavy atom. The van der Waals surface area contributed by atoms with E-state index in [0.717, 1.165) is 6.42 Å². The summed E-state index contributed by atoms with van der Waals surface area (Å²) >= 11 is 0. The Labute approximate surface area is 107 Å². The second-order valence-corrected chi connectivity index (χ2v) is 5.29. The normalized spacial score (nSPS) is 34.3. The van der Waals surface area contributed by atoms with E-state index >= 15 is 0 Å². The summed E-state index contributed by atoms with van der Waals surface area (Å²) in [5.74, 6) is 0.379. The van der Waals surface area contributed by atoms with Gasteiger partial charge in [0.05, 0.1) is 6.61 Å². The highest BCUT2D eigenvalue weighted by Gasteiger charge is 2.44. The lowest BCUT2D eigenvalue weighted by Crippen LogP contribution is -2.55.